The number of hydrogen-bond donors (Lipinski definition) is 1. The fourth-order valence-electron chi connectivity index (χ4n) is 3.14. The van der Waals surface area contributed by atoms with Gasteiger partial charge < -0.3 is 10.5 Å². The number of nitrogens with zero attached hydrogens (tertiary/aromatic N) is 1. The van der Waals surface area contributed by atoms with E-state index in [1.807, 2.05) is 12.1 Å². The number of rotatable bonds is 2. The molecule has 0 radical (unpaired) electrons. The predicted octanol–water partition coefficient (Wildman–Crippen LogP) is 2.68. The second kappa shape index (κ2) is 5.58. The fraction of sp³-hybridized carbons (Fsp3) is 0.571. The number of ether oxygens (including phenoxy) is 1. The van der Waals surface area contributed by atoms with E-state index in [4.69, 9.17) is 33.7 Å². The van der Waals surface area contributed by atoms with Gasteiger partial charge in [0.25, 0.3) is 0 Å². The minimum atomic E-state index is 0.302. The first kappa shape index (κ1) is 13.7. The zero-order valence-corrected chi connectivity index (χ0v) is 12.2. The zero-order valence-electron chi connectivity index (χ0n) is 10.7. The Labute approximate surface area is 123 Å². The van der Waals surface area contributed by atoms with Gasteiger partial charge >= 0.3 is 0 Å². The van der Waals surface area contributed by atoms with E-state index in [1.165, 1.54) is 0 Å². The van der Waals surface area contributed by atoms with Gasteiger partial charge in [-0.2, -0.15) is 0 Å². The molecule has 0 amide bonds. The maximum absolute atomic E-state index is 6.27. The van der Waals surface area contributed by atoms with Crippen molar-refractivity contribution in [1.29, 1.82) is 0 Å². The highest BCUT2D eigenvalue weighted by atomic mass is 35.5. The van der Waals surface area contributed by atoms with Crippen LogP contribution in [0.15, 0.2) is 18.2 Å². The molecular formula is C14H18Cl2N2O. The number of morpholine rings is 1. The molecule has 1 aromatic rings. The standard InChI is InChI=1S/C14H18Cl2N2O/c15-10-2-1-9(14(16)3-10)6-18-12-4-11(17)5-13(18)8-19-7-12/h1-3,11-13H,4-8,17H2/t11?,12-,13+. The monoisotopic (exact) mass is 300 g/mol. The first-order chi connectivity index (χ1) is 9.13. The number of hydrogen-bond acceptors (Lipinski definition) is 3. The molecule has 2 bridgehead atoms. The summed E-state index contributed by atoms with van der Waals surface area (Å²) in [5.41, 5.74) is 7.23. The molecule has 0 aliphatic carbocycles. The second-order valence-electron chi connectivity index (χ2n) is 5.48. The highest BCUT2D eigenvalue weighted by molar-refractivity contribution is 6.35. The molecule has 3 rings (SSSR count). The molecule has 0 aromatic heterocycles. The summed E-state index contributed by atoms with van der Waals surface area (Å²) in [4.78, 5) is 2.49. The highest BCUT2D eigenvalue weighted by Gasteiger charge is 2.37. The molecule has 2 aliphatic heterocycles. The van der Waals surface area contributed by atoms with Gasteiger partial charge in [0.1, 0.15) is 0 Å². The van der Waals surface area contributed by atoms with Crippen LogP contribution in [0.2, 0.25) is 10.0 Å². The fourth-order valence-corrected chi connectivity index (χ4v) is 3.60. The third kappa shape index (κ3) is 2.91. The molecule has 2 N–H and O–H groups in total. The van der Waals surface area contributed by atoms with Crippen molar-refractivity contribution in [3.8, 4) is 0 Å². The topological polar surface area (TPSA) is 38.5 Å². The minimum Gasteiger partial charge on any atom is -0.378 e. The number of fused-ring (bicyclic) bond motifs is 2. The Morgan fingerprint density at radius 3 is 2.53 bits per heavy atom. The zero-order chi connectivity index (χ0) is 13.4. The third-order valence-electron chi connectivity index (χ3n) is 4.08. The van der Waals surface area contributed by atoms with E-state index in [2.05, 4.69) is 4.90 Å². The molecule has 2 aliphatic rings. The lowest BCUT2D eigenvalue weighted by atomic mass is 9.90. The van der Waals surface area contributed by atoms with Gasteiger partial charge in [0.05, 0.1) is 13.2 Å². The van der Waals surface area contributed by atoms with E-state index in [1.54, 1.807) is 6.07 Å². The Morgan fingerprint density at radius 1 is 1.21 bits per heavy atom. The Morgan fingerprint density at radius 2 is 1.89 bits per heavy atom. The minimum absolute atomic E-state index is 0.302. The van der Waals surface area contributed by atoms with Gasteiger partial charge in [-0.25, -0.2) is 0 Å². The Hall–Kier alpha value is -0.320. The van der Waals surface area contributed by atoms with Crippen LogP contribution in [0, 0.1) is 0 Å². The summed E-state index contributed by atoms with van der Waals surface area (Å²) in [7, 11) is 0. The van der Waals surface area contributed by atoms with Crippen LogP contribution in [0.1, 0.15) is 18.4 Å². The van der Waals surface area contributed by atoms with Crippen molar-refractivity contribution in [2.24, 2.45) is 5.73 Å². The molecule has 0 saturated carbocycles. The second-order valence-corrected chi connectivity index (χ2v) is 6.33. The molecule has 2 saturated heterocycles. The maximum Gasteiger partial charge on any atom is 0.0623 e. The van der Waals surface area contributed by atoms with Gasteiger partial charge in [0.15, 0.2) is 0 Å². The first-order valence-corrected chi connectivity index (χ1v) is 7.42. The smallest absolute Gasteiger partial charge is 0.0623 e. The van der Waals surface area contributed by atoms with Crippen molar-refractivity contribution in [1.82, 2.24) is 4.90 Å². The van der Waals surface area contributed by atoms with Crippen LogP contribution in [-0.4, -0.2) is 36.2 Å². The number of nitrogens with two attached hydrogens (primary N) is 1. The number of piperidine rings is 1. The molecule has 2 fully saturated rings. The Bertz CT molecular complexity index is 455. The van der Waals surface area contributed by atoms with E-state index in [0.29, 0.717) is 23.1 Å². The Kier molecular flexibility index (Phi) is 4.01. The van der Waals surface area contributed by atoms with E-state index < -0.39 is 0 Å². The lowest BCUT2D eigenvalue weighted by Gasteiger charge is -2.47. The third-order valence-corrected chi connectivity index (χ3v) is 4.66. The lowest BCUT2D eigenvalue weighted by molar-refractivity contribution is -0.0819. The van der Waals surface area contributed by atoms with E-state index in [9.17, 15) is 0 Å². The molecule has 3 nitrogen and oxygen atoms in total. The summed E-state index contributed by atoms with van der Waals surface area (Å²) in [5, 5.41) is 1.42. The molecule has 1 aromatic carbocycles. The van der Waals surface area contributed by atoms with Gasteiger partial charge in [0.2, 0.25) is 0 Å². The average molecular weight is 301 g/mol. The quantitative estimate of drug-likeness (QED) is 0.913. The van der Waals surface area contributed by atoms with E-state index in [-0.39, 0.29) is 0 Å². The summed E-state index contributed by atoms with van der Waals surface area (Å²) in [6, 6.07) is 6.83. The van der Waals surface area contributed by atoms with Gasteiger partial charge in [-0.15, -0.1) is 0 Å². The van der Waals surface area contributed by atoms with Crippen LogP contribution < -0.4 is 5.73 Å². The number of halogens is 2. The van der Waals surface area contributed by atoms with Crippen LogP contribution >= 0.6 is 23.2 Å². The van der Waals surface area contributed by atoms with Crippen LogP contribution in [0.3, 0.4) is 0 Å². The normalized spacial score (nSPS) is 31.4. The van der Waals surface area contributed by atoms with Crippen molar-refractivity contribution < 1.29 is 4.74 Å². The predicted molar refractivity (Wildman–Crippen MR) is 77.6 cm³/mol. The largest absolute Gasteiger partial charge is 0.378 e. The highest BCUT2D eigenvalue weighted by Crippen LogP contribution is 2.30. The molecular weight excluding hydrogens is 283 g/mol. The van der Waals surface area contributed by atoms with Crippen LogP contribution in [0.25, 0.3) is 0 Å². The summed E-state index contributed by atoms with van der Waals surface area (Å²) in [6.45, 7) is 2.40. The summed E-state index contributed by atoms with van der Waals surface area (Å²) < 4.78 is 5.65. The van der Waals surface area contributed by atoms with Crippen molar-refractivity contribution in [2.75, 3.05) is 13.2 Å². The average Bonchev–Trinajstić information content (AvgIpc) is 2.33. The van der Waals surface area contributed by atoms with E-state index in [0.717, 1.165) is 43.2 Å². The SMILES string of the molecule is NC1C[C@H]2COC[C@@H](C1)N2Cc1ccc(Cl)cc1Cl. The van der Waals surface area contributed by atoms with Gasteiger partial charge in [-0.3, -0.25) is 4.90 Å². The van der Waals surface area contributed by atoms with Crippen LogP contribution in [0.5, 0.6) is 0 Å². The molecule has 5 heteroatoms. The first-order valence-electron chi connectivity index (χ1n) is 6.66. The summed E-state index contributed by atoms with van der Waals surface area (Å²) >= 11 is 12.2. The maximum atomic E-state index is 6.27. The lowest BCUT2D eigenvalue weighted by Crippen LogP contribution is -2.59. The summed E-state index contributed by atoms with van der Waals surface area (Å²) in [5.74, 6) is 0. The summed E-state index contributed by atoms with van der Waals surface area (Å²) in [6.07, 6.45) is 2.00. The molecule has 19 heavy (non-hydrogen) atoms. The number of benzene rings is 1. The van der Waals surface area contributed by atoms with Crippen molar-refractivity contribution in [3.63, 3.8) is 0 Å². The van der Waals surface area contributed by atoms with E-state index >= 15 is 0 Å². The van der Waals surface area contributed by atoms with Gasteiger partial charge in [0, 0.05) is 34.7 Å². The molecule has 3 atom stereocenters. The molecule has 1 unspecified atom stereocenters. The van der Waals surface area contributed by atoms with Crippen molar-refractivity contribution >= 4 is 23.2 Å². The van der Waals surface area contributed by atoms with Crippen LogP contribution in [-0.2, 0) is 11.3 Å². The van der Waals surface area contributed by atoms with Gasteiger partial charge in [-0.05, 0) is 30.5 Å². The molecule has 104 valence electrons. The van der Waals surface area contributed by atoms with Crippen LogP contribution in [0.4, 0.5) is 0 Å². The van der Waals surface area contributed by atoms with Crippen molar-refractivity contribution in [2.45, 2.75) is 37.5 Å². The van der Waals surface area contributed by atoms with Gasteiger partial charge in [-0.1, -0.05) is 29.3 Å². The Balaban J connectivity index is 1.78. The molecule has 0 spiro atoms. The molecule has 2 heterocycles. The van der Waals surface area contributed by atoms with Crippen molar-refractivity contribution in [3.05, 3.63) is 33.8 Å².